The van der Waals surface area contributed by atoms with Gasteiger partial charge >= 0.3 is 0 Å². The second-order valence-corrected chi connectivity index (χ2v) is 6.97. The second-order valence-electron chi connectivity index (χ2n) is 3.96. The Hall–Kier alpha value is -0.690. The van der Waals surface area contributed by atoms with Gasteiger partial charge in [-0.2, -0.15) is 4.31 Å². The summed E-state index contributed by atoms with van der Waals surface area (Å²) in [7, 11) is -1.83. The van der Waals surface area contributed by atoms with Gasteiger partial charge in [-0.15, -0.1) is 17.9 Å². The molecule has 1 rings (SSSR count). The van der Waals surface area contributed by atoms with E-state index in [9.17, 15) is 8.42 Å². The van der Waals surface area contributed by atoms with Gasteiger partial charge in [0.2, 0.25) is 10.0 Å². The highest BCUT2D eigenvalue weighted by Gasteiger charge is 2.23. The number of hydrogen-bond donors (Lipinski definition) is 1. The van der Waals surface area contributed by atoms with Crippen LogP contribution in [0.2, 0.25) is 0 Å². The molecule has 1 heterocycles. The largest absolute Gasteiger partial charge is 0.312 e. The third-order valence-electron chi connectivity index (χ3n) is 2.49. The van der Waals surface area contributed by atoms with Crippen LogP contribution in [0.5, 0.6) is 0 Å². The fourth-order valence-electron chi connectivity index (χ4n) is 1.51. The molecular formula is C12H20N2O2S2. The fraction of sp³-hybridized carbons (Fsp3) is 0.500. The number of sulfonamides is 1. The lowest BCUT2D eigenvalue weighted by molar-refractivity contribution is 0.498. The van der Waals surface area contributed by atoms with Crippen molar-refractivity contribution in [2.45, 2.75) is 24.8 Å². The zero-order valence-electron chi connectivity index (χ0n) is 10.8. The normalized spacial score (nSPS) is 11.9. The summed E-state index contributed by atoms with van der Waals surface area (Å²) in [6, 6.07) is 1.67. The number of nitrogens with zero attached hydrogens (tertiary/aromatic N) is 1. The standard InChI is InChI=1S/C12H20N2O2S2/c1-4-7-13-10-11-12(6-9-17-11)18(15,16)14(3)8-5-2/h5-6,9,13H,2,4,7-8,10H2,1,3H3. The summed E-state index contributed by atoms with van der Waals surface area (Å²) in [4.78, 5) is 1.26. The summed E-state index contributed by atoms with van der Waals surface area (Å²) in [5, 5.41) is 5.05. The molecule has 1 aromatic heterocycles. The maximum Gasteiger partial charge on any atom is 0.244 e. The molecule has 0 spiro atoms. The number of hydrogen-bond acceptors (Lipinski definition) is 4. The van der Waals surface area contributed by atoms with Crippen molar-refractivity contribution in [3.8, 4) is 0 Å². The quantitative estimate of drug-likeness (QED) is 0.588. The molecule has 18 heavy (non-hydrogen) atoms. The molecule has 102 valence electrons. The molecule has 0 atom stereocenters. The fourth-order valence-corrected chi connectivity index (χ4v) is 4.04. The number of rotatable bonds is 8. The summed E-state index contributed by atoms with van der Waals surface area (Å²) in [6.45, 7) is 7.45. The third kappa shape index (κ3) is 3.65. The van der Waals surface area contributed by atoms with E-state index in [1.54, 1.807) is 19.2 Å². The summed E-state index contributed by atoms with van der Waals surface area (Å²) >= 11 is 1.47. The molecule has 0 aliphatic heterocycles. The Kier molecular flexibility index (Phi) is 6.01. The Labute approximate surface area is 113 Å². The molecule has 1 N–H and O–H groups in total. The van der Waals surface area contributed by atoms with E-state index in [0.717, 1.165) is 17.8 Å². The van der Waals surface area contributed by atoms with Crippen molar-refractivity contribution in [1.29, 1.82) is 0 Å². The predicted molar refractivity (Wildman–Crippen MR) is 76.3 cm³/mol. The number of thiophene rings is 1. The Morgan fingerprint density at radius 1 is 1.56 bits per heavy atom. The molecule has 0 aliphatic rings. The lowest BCUT2D eigenvalue weighted by Crippen LogP contribution is -2.28. The SMILES string of the molecule is C=CCN(C)S(=O)(=O)c1ccsc1CNCCC. The Morgan fingerprint density at radius 2 is 2.28 bits per heavy atom. The Morgan fingerprint density at radius 3 is 2.89 bits per heavy atom. The van der Waals surface area contributed by atoms with E-state index in [1.165, 1.54) is 15.6 Å². The van der Waals surface area contributed by atoms with Crippen LogP contribution in [0.25, 0.3) is 0 Å². The van der Waals surface area contributed by atoms with Crippen LogP contribution >= 0.6 is 11.3 Å². The van der Waals surface area contributed by atoms with Gasteiger partial charge in [-0.1, -0.05) is 13.0 Å². The number of nitrogens with one attached hydrogen (secondary N) is 1. The molecule has 0 fully saturated rings. The van der Waals surface area contributed by atoms with E-state index in [-0.39, 0.29) is 0 Å². The Balaban J connectivity index is 2.88. The summed E-state index contributed by atoms with van der Waals surface area (Å²) in [5.74, 6) is 0. The topological polar surface area (TPSA) is 49.4 Å². The monoisotopic (exact) mass is 288 g/mol. The van der Waals surface area contributed by atoms with Gasteiger partial charge in [0.15, 0.2) is 0 Å². The molecule has 1 aromatic rings. The molecule has 6 heteroatoms. The van der Waals surface area contributed by atoms with E-state index >= 15 is 0 Å². The zero-order chi connectivity index (χ0) is 13.6. The van der Waals surface area contributed by atoms with Gasteiger partial charge in [-0.3, -0.25) is 0 Å². The second kappa shape index (κ2) is 7.04. The average Bonchev–Trinajstić information content (AvgIpc) is 2.78. The van der Waals surface area contributed by atoms with E-state index in [1.807, 2.05) is 5.38 Å². The first kappa shape index (κ1) is 15.4. The first-order chi connectivity index (χ1) is 8.54. The van der Waals surface area contributed by atoms with Gasteiger partial charge in [-0.25, -0.2) is 8.42 Å². The van der Waals surface area contributed by atoms with Gasteiger partial charge in [0.25, 0.3) is 0 Å². The highest BCUT2D eigenvalue weighted by molar-refractivity contribution is 7.89. The molecule has 0 aromatic carbocycles. The van der Waals surface area contributed by atoms with E-state index in [0.29, 0.717) is 18.0 Å². The Bertz CT molecular complexity index is 480. The summed E-state index contributed by atoms with van der Waals surface area (Å²) < 4.78 is 25.9. The lowest BCUT2D eigenvalue weighted by atomic mass is 10.4. The van der Waals surface area contributed by atoms with Crippen LogP contribution in [0.4, 0.5) is 0 Å². The smallest absolute Gasteiger partial charge is 0.244 e. The lowest BCUT2D eigenvalue weighted by Gasteiger charge is -2.15. The minimum Gasteiger partial charge on any atom is -0.312 e. The third-order valence-corrected chi connectivity index (χ3v) is 5.45. The predicted octanol–water partition coefficient (Wildman–Crippen LogP) is 2.05. The van der Waals surface area contributed by atoms with Crippen LogP contribution < -0.4 is 5.32 Å². The molecule has 0 unspecified atom stereocenters. The summed E-state index contributed by atoms with van der Waals surface area (Å²) in [5.41, 5.74) is 0. The highest BCUT2D eigenvalue weighted by Crippen LogP contribution is 2.24. The molecule has 0 saturated heterocycles. The van der Waals surface area contributed by atoms with Crippen molar-refractivity contribution in [3.05, 3.63) is 29.0 Å². The molecule has 0 saturated carbocycles. The van der Waals surface area contributed by atoms with Crippen LogP contribution in [-0.4, -0.2) is 32.9 Å². The van der Waals surface area contributed by atoms with Crippen LogP contribution in [0.1, 0.15) is 18.2 Å². The molecule has 0 radical (unpaired) electrons. The van der Waals surface area contributed by atoms with Crippen molar-refractivity contribution in [3.63, 3.8) is 0 Å². The highest BCUT2D eigenvalue weighted by atomic mass is 32.2. The molecule has 4 nitrogen and oxygen atoms in total. The maximum atomic E-state index is 12.3. The van der Waals surface area contributed by atoms with E-state index in [4.69, 9.17) is 0 Å². The van der Waals surface area contributed by atoms with Gasteiger partial charge < -0.3 is 5.32 Å². The van der Waals surface area contributed by atoms with Gasteiger partial charge in [0, 0.05) is 25.0 Å². The van der Waals surface area contributed by atoms with Crippen LogP contribution in [0.15, 0.2) is 29.0 Å². The van der Waals surface area contributed by atoms with Crippen LogP contribution in [-0.2, 0) is 16.6 Å². The molecule has 0 bridgehead atoms. The van der Waals surface area contributed by atoms with Crippen molar-refractivity contribution < 1.29 is 8.42 Å². The number of likely N-dealkylation sites (N-methyl/N-ethyl adjacent to an activating group) is 1. The first-order valence-corrected chi connectivity index (χ1v) is 8.20. The molecule has 0 amide bonds. The first-order valence-electron chi connectivity index (χ1n) is 5.88. The van der Waals surface area contributed by atoms with Gasteiger partial charge in [0.1, 0.15) is 0 Å². The minimum absolute atomic E-state index is 0.319. The van der Waals surface area contributed by atoms with Crippen molar-refractivity contribution in [1.82, 2.24) is 9.62 Å². The minimum atomic E-state index is -3.39. The van der Waals surface area contributed by atoms with E-state index in [2.05, 4.69) is 18.8 Å². The average molecular weight is 288 g/mol. The molecular weight excluding hydrogens is 268 g/mol. The van der Waals surface area contributed by atoms with Crippen molar-refractivity contribution in [2.24, 2.45) is 0 Å². The zero-order valence-corrected chi connectivity index (χ0v) is 12.5. The van der Waals surface area contributed by atoms with E-state index < -0.39 is 10.0 Å². The van der Waals surface area contributed by atoms with Gasteiger partial charge in [0.05, 0.1) is 4.90 Å². The van der Waals surface area contributed by atoms with Crippen molar-refractivity contribution >= 4 is 21.4 Å². The molecule has 0 aliphatic carbocycles. The summed E-state index contributed by atoms with van der Waals surface area (Å²) in [6.07, 6.45) is 2.61. The van der Waals surface area contributed by atoms with Crippen LogP contribution in [0, 0.1) is 0 Å². The van der Waals surface area contributed by atoms with Crippen LogP contribution in [0.3, 0.4) is 0 Å². The van der Waals surface area contributed by atoms with Gasteiger partial charge in [-0.05, 0) is 24.4 Å². The maximum absolute atomic E-state index is 12.3. The van der Waals surface area contributed by atoms with Crippen molar-refractivity contribution in [2.75, 3.05) is 20.1 Å².